The predicted molar refractivity (Wildman–Crippen MR) is 68.6 cm³/mol. The van der Waals surface area contributed by atoms with E-state index < -0.39 is 6.09 Å². The van der Waals surface area contributed by atoms with Crippen LogP contribution in [0.2, 0.25) is 0 Å². The van der Waals surface area contributed by atoms with Crippen molar-refractivity contribution in [1.82, 2.24) is 10.6 Å². The van der Waals surface area contributed by atoms with Crippen molar-refractivity contribution >= 4 is 6.09 Å². The van der Waals surface area contributed by atoms with Crippen LogP contribution >= 0.6 is 0 Å². The van der Waals surface area contributed by atoms with Gasteiger partial charge in [-0.05, 0) is 49.0 Å². The number of piperidine rings is 1. The molecule has 3 atom stereocenters. The number of hydrogen-bond donors (Lipinski definition) is 3. The van der Waals surface area contributed by atoms with Gasteiger partial charge in [0.2, 0.25) is 0 Å². The number of fused-ring (bicyclic) bond motifs is 1. The van der Waals surface area contributed by atoms with Crippen molar-refractivity contribution in [3.05, 3.63) is 35.6 Å². The Labute approximate surface area is 111 Å². The third-order valence-electron chi connectivity index (χ3n) is 4.59. The van der Waals surface area contributed by atoms with Crippen molar-refractivity contribution in [2.45, 2.75) is 11.8 Å². The molecule has 1 saturated carbocycles. The number of hydrogen-bond acceptors (Lipinski definition) is 2. The van der Waals surface area contributed by atoms with Gasteiger partial charge in [0.1, 0.15) is 5.82 Å². The largest absolute Gasteiger partial charge is 0.465 e. The minimum Gasteiger partial charge on any atom is -0.465 e. The summed E-state index contributed by atoms with van der Waals surface area (Å²) < 4.78 is 13.4. The predicted octanol–water partition coefficient (Wildman–Crippen LogP) is 1.57. The Morgan fingerprint density at radius 1 is 1.53 bits per heavy atom. The average Bonchev–Trinajstić information content (AvgIpc) is 3.06. The van der Waals surface area contributed by atoms with Gasteiger partial charge < -0.3 is 15.7 Å². The Morgan fingerprint density at radius 2 is 2.37 bits per heavy atom. The average molecular weight is 264 g/mol. The maximum atomic E-state index is 13.4. The highest BCUT2D eigenvalue weighted by atomic mass is 19.1. The minimum absolute atomic E-state index is 0.232. The Hall–Kier alpha value is -1.62. The van der Waals surface area contributed by atoms with Gasteiger partial charge in [-0.2, -0.15) is 0 Å². The zero-order valence-electron chi connectivity index (χ0n) is 10.5. The van der Waals surface area contributed by atoms with Gasteiger partial charge in [0.25, 0.3) is 0 Å². The summed E-state index contributed by atoms with van der Waals surface area (Å²) in [5, 5.41) is 14.7. The first kappa shape index (κ1) is 12.4. The first-order valence-corrected chi connectivity index (χ1v) is 6.58. The SMILES string of the molecule is O=C(O)NCC1(c2cccc(F)c2)C2CCNCC21. The summed E-state index contributed by atoms with van der Waals surface area (Å²) in [6.07, 6.45) is -0.00459. The fraction of sp³-hybridized carbons (Fsp3) is 0.500. The van der Waals surface area contributed by atoms with Crippen LogP contribution in [0.3, 0.4) is 0 Å². The molecule has 5 heteroatoms. The normalized spacial score (nSPS) is 32.5. The van der Waals surface area contributed by atoms with E-state index >= 15 is 0 Å². The second-order valence-corrected chi connectivity index (χ2v) is 5.42. The van der Waals surface area contributed by atoms with E-state index in [2.05, 4.69) is 10.6 Å². The molecule has 3 rings (SSSR count). The highest BCUT2D eigenvalue weighted by molar-refractivity contribution is 5.65. The lowest BCUT2D eigenvalue weighted by atomic mass is 9.91. The first-order chi connectivity index (χ1) is 9.14. The second-order valence-electron chi connectivity index (χ2n) is 5.42. The third-order valence-corrected chi connectivity index (χ3v) is 4.59. The molecule has 4 nitrogen and oxygen atoms in total. The van der Waals surface area contributed by atoms with Crippen LogP contribution in [0.5, 0.6) is 0 Å². The van der Waals surface area contributed by atoms with Crippen LogP contribution in [0, 0.1) is 17.7 Å². The molecule has 0 radical (unpaired) electrons. The topological polar surface area (TPSA) is 61.4 Å². The molecule has 2 fully saturated rings. The number of amides is 1. The zero-order chi connectivity index (χ0) is 13.5. The Balaban J connectivity index is 1.91. The summed E-state index contributed by atoms with van der Waals surface area (Å²) in [6, 6.07) is 6.57. The molecular weight excluding hydrogens is 247 g/mol. The molecular formula is C14H17FN2O2. The van der Waals surface area contributed by atoms with Gasteiger partial charge in [0.05, 0.1) is 0 Å². The van der Waals surface area contributed by atoms with Gasteiger partial charge in [0.15, 0.2) is 0 Å². The maximum Gasteiger partial charge on any atom is 0.404 e. The highest BCUT2D eigenvalue weighted by Gasteiger charge is 2.65. The number of halogens is 1. The van der Waals surface area contributed by atoms with E-state index in [0.29, 0.717) is 18.4 Å². The van der Waals surface area contributed by atoms with E-state index in [1.165, 1.54) is 6.07 Å². The van der Waals surface area contributed by atoms with Crippen molar-refractivity contribution < 1.29 is 14.3 Å². The van der Waals surface area contributed by atoms with Crippen LogP contribution < -0.4 is 10.6 Å². The summed E-state index contributed by atoms with van der Waals surface area (Å²) in [4.78, 5) is 10.8. The fourth-order valence-corrected chi connectivity index (χ4v) is 3.70. The Kier molecular flexibility index (Phi) is 2.93. The van der Waals surface area contributed by atoms with Crippen LogP contribution in [0.4, 0.5) is 9.18 Å². The third kappa shape index (κ3) is 1.98. The number of rotatable bonds is 3. The molecule has 1 aliphatic heterocycles. The molecule has 3 N–H and O–H groups in total. The monoisotopic (exact) mass is 264 g/mol. The standard InChI is InChI=1S/C14H17FN2O2/c15-10-3-1-2-9(6-10)14(8-17-13(18)19)11-4-5-16-7-12(11)14/h1-3,6,11-12,16-17H,4-5,7-8H2,(H,18,19). The minimum atomic E-state index is -1.02. The Bertz CT molecular complexity index is 494. The molecule has 19 heavy (non-hydrogen) atoms. The van der Waals surface area contributed by atoms with E-state index in [1.807, 2.05) is 6.07 Å². The van der Waals surface area contributed by atoms with Gasteiger partial charge in [-0.25, -0.2) is 9.18 Å². The van der Waals surface area contributed by atoms with Crippen LogP contribution in [0.15, 0.2) is 24.3 Å². The van der Waals surface area contributed by atoms with Crippen LogP contribution in [-0.4, -0.2) is 30.8 Å². The maximum absolute atomic E-state index is 13.4. The molecule has 0 bridgehead atoms. The quantitative estimate of drug-likeness (QED) is 0.776. The smallest absolute Gasteiger partial charge is 0.404 e. The number of carboxylic acid groups (broad SMARTS) is 1. The fourth-order valence-electron chi connectivity index (χ4n) is 3.70. The van der Waals surface area contributed by atoms with Crippen molar-refractivity contribution in [1.29, 1.82) is 0 Å². The molecule has 1 amide bonds. The van der Waals surface area contributed by atoms with E-state index in [-0.39, 0.29) is 11.2 Å². The van der Waals surface area contributed by atoms with Crippen molar-refractivity contribution in [2.75, 3.05) is 19.6 Å². The second kappa shape index (κ2) is 4.49. The molecule has 1 aliphatic carbocycles. The number of carbonyl (C=O) groups is 1. The number of benzene rings is 1. The van der Waals surface area contributed by atoms with E-state index in [1.54, 1.807) is 12.1 Å². The lowest BCUT2D eigenvalue weighted by Gasteiger charge is -2.18. The van der Waals surface area contributed by atoms with Gasteiger partial charge in [-0.15, -0.1) is 0 Å². The summed E-state index contributed by atoms with van der Waals surface area (Å²) >= 11 is 0. The van der Waals surface area contributed by atoms with Crippen LogP contribution in [-0.2, 0) is 5.41 Å². The zero-order valence-corrected chi connectivity index (χ0v) is 10.5. The van der Waals surface area contributed by atoms with Gasteiger partial charge in [-0.1, -0.05) is 12.1 Å². The molecule has 0 aromatic heterocycles. The Morgan fingerprint density at radius 3 is 3.00 bits per heavy atom. The lowest BCUT2D eigenvalue weighted by Crippen LogP contribution is -2.33. The molecule has 1 aromatic carbocycles. The molecule has 1 heterocycles. The van der Waals surface area contributed by atoms with Crippen molar-refractivity contribution in [3.8, 4) is 0 Å². The summed E-state index contributed by atoms with van der Waals surface area (Å²) in [5.41, 5.74) is 0.684. The summed E-state index contributed by atoms with van der Waals surface area (Å²) in [6.45, 7) is 2.19. The highest BCUT2D eigenvalue weighted by Crippen LogP contribution is 2.62. The first-order valence-electron chi connectivity index (χ1n) is 6.58. The van der Waals surface area contributed by atoms with Crippen LogP contribution in [0.1, 0.15) is 12.0 Å². The molecule has 2 aliphatic rings. The lowest BCUT2D eigenvalue weighted by molar-refractivity contribution is 0.193. The van der Waals surface area contributed by atoms with Crippen molar-refractivity contribution in [2.24, 2.45) is 11.8 Å². The van der Waals surface area contributed by atoms with Gasteiger partial charge in [-0.3, -0.25) is 0 Å². The molecule has 3 unspecified atom stereocenters. The number of nitrogens with one attached hydrogen (secondary N) is 2. The summed E-state index contributed by atoms with van der Waals surface area (Å²) in [5.74, 6) is 0.584. The van der Waals surface area contributed by atoms with Gasteiger partial charge in [0, 0.05) is 12.0 Å². The van der Waals surface area contributed by atoms with E-state index in [4.69, 9.17) is 5.11 Å². The molecule has 1 saturated heterocycles. The van der Waals surface area contributed by atoms with E-state index in [0.717, 1.165) is 25.1 Å². The molecule has 0 spiro atoms. The van der Waals surface area contributed by atoms with E-state index in [9.17, 15) is 9.18 Å². The summed E-state index contributed by atoms with van der Waals surface area (Å²) in [7, 11) is 0. The van der Waals surface area contributed by atoms with Crippen molar-refractivity contribution in [3.63, 3.8) is 0 Å². The van der Waals surface area contributed by atoms with Gasteiger partial charge >= 0.3 is 6.09 Å². The molecule has 102 valence electrons. The molecule has 1 aromatic rings. The van der Waals surface area contributed by atoms with Crippen LogP contribution in [0.25, 0.3) is 0 Å².